The van der Waals surface area contributed by atoms with Gasteiger partial charge in [-0.3, -0.25) is 14.4 Å². The first-order valence-electron chi connectivity index (χ1n) is 7.45. The monoisotopic (exact) mass is 357 g/mol. The molecule has 0 aliphatic heterocycles. The zero-order valence-corrected chi connectivity index (χ0v) is 15.0. The smallest absolute Gasteiger partial charge is 0.264 e. The average Bonchev–Trinajstić information content (AvgIpc) is 2.58. The first kappa shape index (κ1) is 20.1. The Bertz CT molecular complexity index is 673. The maximum absolute atomic E-state index is 12.1. The first-order valence-corrected chi connectivity index (χ1v) is 8.89. The molecule has 0 fully saturated rings. The summed E-state index contributed by atoms with van der Waals surface area (Å²) < 4.78 is 24.8. The number of nitrogens with zero attached hydrogens (tertiary/aromatic N) is 1. The van der Waals surface area contributed by atoms with Crippen LogP contribution in [-0.2, 0) is 19.7 Å². The van der Waals surface area contributed by atoms with Crippen molar-refractivity contribution in [3.8, 4) is 0 Å². The summed E-state index contributed by atoms with van der Waals surface area (Å²) in [6.45, 7) is 4.05. The Balaban J connectivity index is 2.79. The number of hydroxylamine groups is 1. The van der Waals surface area contributed by atoms with Gasteiger partial charge in [0.05, 0.1) is 12.0 Å². The average molecular weight is 357 g/mol. The number of benzene rings is 1. The Kier molecular flexibility index (Phi) is 7.33. The highest BCUT2D eigenvalue weighted by atomic mass is 32.2. The van der Waals surface area contributed by atoms with Crippen LogP contribution in [0.1, 0.15) is 30.6 Å². The van der Waals surface area contributed by atoms with Gasteiger partial charge in [0.2, 0.25) is 5.91 Å². The molecule has 0 radical (unpaired) electrons. The second-order valence-corrected chi connectivity index (χ2v) is 7.04. The van der Waals surface area contributed by atoms with Gasteiger partial charge in [-0.25, -0.2) is 8.42 Å². The second-order valence-electron chi connectivity index (χ2n) is 5.11. The molecule has 0 aromatic heterocycles. The van der Waals surface area contributed by atoms with Crippen LogP contribution >= 0.6 is 0 Å². The molecule has 0 aliphatic rings. The zero-order chi connectivity index (χ0) is 18.3. The molecular formula is C15H23N3O5S. The van der Waals surface area contributed by atoms with E-state index in [1.54, 1.807) is 6.92 Å². The quantitative estimate of drug-likeness (QED) is 0.660. The molecule has 0 saturated heterocycles. The number of hydrogen-bond donors (Lipinski definition) is 2. The molecule has 1 aromatic carbocycles. The number of amides is 2. The van der Waals surface area contributed by atoms with Gasteiger partial charge >= 0.3 is 0 Å². The van der Waals surface area contributed by atoms with Crippen LogP contribution in [0.25, 0.3) is 0 Å². The lowest BCUT2D eigenvalue weighted by Crippen LogP contribution is -2.45. The van der Waals surface area contributed by atoms with Gasteiger partial charge in [-0.2, -0.15) is 0 Å². The van der Waals surface area contributed by atoms with Gasteiger partial charge in [-0.05, 0) is 37.6 Å². The lowest BCUT2D eigenvalue weighted by atomic mass is 10.2. The molecule has 24 heavy (non-hydrogen) atoms. The van der Waals surface area contributed by atoms with E-state index in [1.165, 1.54) is 38.4 Å². The van der Waals surface area contributed by atoms with Gasteiger partial charge in [0.25, 0.3) is 15.9 Å². The summed E-state index contributed by atoms with van der Waals surface area (Å²) in [4.78, 5) is 28.5. The molecule has 0 saturated carbocycles. The van der Waals surface area contributed by atoms with Crippen LogP contribution in [0.2, 0.25) is 0 Å². The fourth-order valence-electron chi connectivity index (χ4n) is 1.77. The summed E-state index contributed by atoms with van der Waals surface area (Å²) in [7, 11) is -1.25. The first-order chi connectivity index (χ1) is 11.2. The minimum absolute atomic E-state index is 0.00265. The second kappa shape index (κ2) is 8.76. The Labute approximate surface area is 142 Å². The van der Waals surface area contributed by atoms with E-state index in [-0.39, 0.29) is 16.4 Å². The van der Waals surface area contributed by atoms with Crippen LogP contribution in [0.15, 0.2) is 29.2 Å². The minimum atomic E-state index is -3.76. The summed E-state index contributed by atoms with van der Waals surface area (Å²) >= 11 is 0. The molecule has 1 rings (SSSR count). The van der Waals surface area contributed by atoms with Gasteiger partial charge in [0, 0.05) is 19.2 Å². The van der Waals surface area contributed by atoms with E-state index < -0.39 is 22.0 Å². The Hall–Kier alpha value is -1.97. The fourth-order valence-corrected chi connectivity index (χ4v) is 2.74. The number of sulfonamides is 1. The third kappa shape index (κ3) is 5.02. The molecule has 134 valence electrons. The van der Waals surface area contributed by atoms with Crippen LogP contribution in [0.3, 0.4) is 0 Å². The van der Waals surface area contributed by atoms with Crippen molar-refractivity contribution in [2.75, 3.05) is 20.7 Å². The molecule has 1 aromatic rings. The third-order valence-corrected chi connectivity index (χ3v) is 4.99. The van der Waals surface area contributed by atoms with Crippen molar-refractivity contribution in [2.45, 2.75) is 31.2 Å². The topological polar surface area (TPSA) is 105 Å². The highest BCUT2D eigenvalue weighted by Crippen LogP contribution is 2.15. The van der Waals surface area contributed by atoms with Crippen molar-refractivity contribution in [1.29, 1.82) is 0 Å². The molecule has 0 heterocycles. The SMILES string of the molecule is CCCNC(=O)C(C)NC(=O)c1ccc(S(=O)(=O)N(C)OC)cc1. The maximum Gasteiger partial charge on any atom is 0.264 e. The molecule has 0 bridgehead atoms. The van der Waals surface area contributed by atoms with Crippen LogP contribution in [0.4, 0.5) is 0 Å². The summed E-state index contributed by atoms with van der Waals surface area (Å²) in [5, 5.41) is 5.25. The van der Waals surface area contributed by atoms with Gasteiger partial charge in [0.15, 0.2) is 0 Å². The van der Waals surface area contributed by atoms with E-state index >= 15 is 0 Å². The van der Waals surface area contributed by atoms with E-state index in [4.69, 9.17) is 0 Å². The van der Waals surface area contributed by atoms with Crippen molar-refractivity contribution in [2.24, 2.45) is 0 Å². The standard InChI is InChI=1S/C15H23N3O5S/c1-5-10-16-14(19)11(2)17-15(20)12-6-8-13(9-7-12)24(21,22)18(3)23-4/h6-9,11H,5,10H2,1-4H3,(H,16,19)(H,17,20). The Morgan fingerprint density at radius 2 is 1.83 bits per heavy atom. The fraction of sp³-hybridized carbons (Fsp3) is 0.467. The summed E-state index contributed by atoms with van der Waals surface area (Å²) in [5.41, 5.74) is 0.254. The molecule has 1 unspecified atom stereocenters. The van der Waals surface area contributed by atoms with Crippen LogP contribution in [0.5, 0.6) is 0 Å². The van der Waals surface area contributed by atoms with E-state index in [0.717, 1.165) is 10.9 Å². The molecule has 2 amide bonds. The van der Waals surface area contributed by atoms with Crippen molar-refractivity contribution in [3.63, 3.8) is 0 Å². The lowest BCUT2D eigenvalue weighted by Gasteiger charge is -2.15. The highest BCUT2D eigenvalue weighted by Gasteiger charge is 2.21. The normalized spacial score (nSPS) is 12.7. The predicted octanol–water partition coefficient (Wildman–Crippen LogP) is 0.513. The van der Waals surface area contributed by atoms with Crippen molar-refractivity contribution in [1.82, 2.24) is 15.1 Å². The lowest BCUT2D eigenvalue weighted by molar-refractivity contribution is -0.122. The van der Waals surface area contributed by atoms with Crippen LogP contribution in [-0.4, -0.2) is 51.4 Å². The number of carbonyl (C=O) groups excluding carboxylic acids is 2. The summed E-state index contributed by atoms with van der Waals surface area (Å²) in [6.07, 6.45) is 0.804. The summed E-state index contributed by atoms with van der Waals surface area (Å²) in [6, 6.07) is 4.68. The molecule has 2 N–H and O–H groups in total. The van der Waals surface area contributed by atoms with Gasteiger partial charge in [-0.15, -0.1) is 0 Å². The van der Waals surface area contributed by atoms with E-state index in [0.29, 0.717) is 6.54 Å². The Morgan fingerprint density at radius 1 is 1.25 bits per heavy atom. The van der Waals surface area contributed by atoms with E-state index in [9.17, 15) is 18.0 Å². The van der Waals surface area contributed by atoms with Gasteiger partial charge in [0.1, 0.15) is 6.04 Å². The highest BCUT2D eigenvalue weighted by molar-refractivity contribution is 7.89. The molecule has 0 spiro atoms. The largest absolute Gasteiger partial charge is 0.354 e. The molecule has 1 atom stereocenters. The van der Waals surface area contributed by atoms with Crippen molar-refractivity contribution in [3.05, 3.63) is 29.8 Å². The van der Waals surface area contributed by atoms with Gasteiger partial charge in [-0.1, -0.05) is 11.4 Å². The zero-order valence-electron chi connectivity index (χ0n) is 14.2. The van der Waals surface area contributed by atoms with Crippen LogP contribution < -0.4 is 10.6 Å². The third-order valence-electron chi connectivity index (χ3n) is 3.30. The summed E-state index contributed by atoms with van der Waals surface area (Å²) in [5.74, 6) is -0.732. The van der Waals surface area contributed by atoms with Crippen molar-refractivity contribution < 1.29 is 22.8 Å². The number of nitrogens with one attached hydrogen (secondary N) is 2. The van der Waals surface area contributed by atoms with Crippen LogP contribution in [0, 0.1) is 0 Å². The number of rotatable bonds is 8. The molecule has 8 nitrogen and oxygen atoms in total. The van der Waals surface area contributed by atoms with E-state index in [2.05, 4.69) is 15.5 Å². The molecule has 9 heteroatoms. The van der Waals surface area contributed by atoms with E-state index in [1.807, 2.05) is 6.92 Å². The molecule has 0 aliphatic carbocycles. The minimum Gasteiger partial charge on any atom is -0.354 e. The predicted molar refractivity (Wildman–Crippen MR) is 88.6 cm³/mol. The van der Waals surface area contributed by atoms with Gasteiger partial charge < -0.3 is 10.6 Å². The molecular weight excluding hydrogens is 334 g/mol. The Morgan fingerprint density at radius 3 is 2.33 bits per heavy atom. The maximum atomic E-state index is 12.1. The number of hydrogen-bond acceptors (Lipinski definition) is 5. The van der Waals surface area contributed by atoms with Crippen molar-refractivity contribution >= 4 is 21.8 Å². The number of carbonyl (C=O) groups is 2.